The van der Waals surface area contributed by atoms with Crippen molar-refractivity contribution in [3.63, 3.8) is 0 Å². The molecule has 168 valence electrons. The van der Waals surface area contributed by atoms with Crippen molar-refractivity contribution in [1.29, 1.82) is 0 Å². The predicted molar refractivity (Wildman–Crippen MR) is 141 cm³/mol. The maximum Gasteiger partial charge on any atom is 0.118 e. The lowest BCUT2D eigenvalue weighted by Crippen LogP contribution is -2.17. The Balaban J connectivity index is 2.01. The summed E-state index contributed by atoms with van der Waals surface area (Å²) in [6.45, 7) is 4.48. The third kappa shape index (κ3) is 3.72. The molecule has 2 heteroatoms. The molecule has 0 aliphatic heterocycles. The molecule has 1 aliphatic rings. The van der Waals surface area contributed by atoms with Gasteiger partial charge >= 0.3 is 0 Å². The molecule has 34 heavy (non-hydrogen) atoms. The SMILES string of the molecule is COc1ccc(C2=C(c3ccc(OC)cc3)/C(C)=c3/cccc/c3=c3\cccc\c3=C\2C)cc1. The fourth-order valence-corrected chi connectivity index (χ4v) is 4.97. The second kappa shape index (κ2) is 9.07. The number of ether oxygens (including phenoxy) is 2. The van der Waals surface area contributed by atoms with Crippen LogP contribution in [0.15, 0.2) is 97.1 Å². The summed E-state index contributed by atoms with van der Waals surface area (Å²) in [6, 6.07) is 34.2. The summed E-state index contributed by atoms with van der Waals surface area (Å²) in [4.78, 5) is 0. The molecule has 5 rings (SSSR count). The number of benzene rings is 4. The maximum absolute atomic E-state index is 5.45. The summed E-state index contributed by atoms with van der Waals surface area (Å²) in [7, 11) is 3.41. The molecule has 1 aliphatic carbocycles. The van der Waals surface area contributed by atoms with E-state index in [0.29, 0.717) is 0 Å². The molecule has 0 spiro atoms. The summed E-state index contributed by atoms with van der Waals surface area (Å²) in [5.74, 6) is 1.70. The average Bonchev–Trinajstić information content (AvgIpc) is 2.90. The van der Waals surface area contributed by atoms with Gasteiger partial charge in [-0.1, -0.05) is 72.8 Å². The van der Waals surface area contributed by atoms with Crippen molar-refractivity contribution >= 4 is 22.3 Å². The van der Waals surface area contributed by atoms with Crippen molar-refractivity contribution in [1.82, 2.24) is 0 Å². The highest BCUT2D eigenvalue weighted by molar-refractivity contribution is 6.20. The quantitative estimate of drug-likeness (QED) is 0.387. The van der Waals surface area contributed by atoms with Crippen LogP contribution in [-0.4, -0.2) is 14.2 Å². The number of fused-ring (bicyclic) bond motifs is 2. The molecule has 0 atom stereocenters. The van der Waals surface area contributed by atoms with Crippen molar-refractivity contribution in [2.45, 2.75) is 13.8 Å². The van der Waals surface area contributed by atoms with E-state index in [4.69, 9.17) is 9.47 Å². The van der Waals surface area contributed by atoms with Crippen molar-refractivity contribution < 1.29 is 9.47 Å². The molecular formula is C32H28O2. The third-order valence-corrected chi connectivity index (χ3v) is 6.71. The molecule has 0 saturated heterocycles. The van der Waals surface area contributed by atoms with Crippen LogP contribution < -0.4 is 19.9 Å². The van der Waals surface area contributed by atoms with Gasteiger partial charge in [-0.25, -0.2) is 0 Å². The Morgan fingerprint density at radius 3 is 1.06 bits per heavy atom. The van der Waals surface area contributed by atoms with Gasteiger partial charge < -0.3 is 9.47 Å². The van der Waals surface area contributed by atoms with Crippen LogP contribution in [0.25, 0.3) is 22.3 Å². The number of hydrogen-bond acceptors (Lipinski definition) is 2. The molecule has 0 saturated carbocycles. The van der Waals surface area contributed by atoms with E-state index in [0.717, 1.165) is 22.6 Å². The zero-order valence-corrected chi connectivity index (χ0v) is 20.1. The summed E-state index contributed by atoms with van der Waals surface area (Å²) in [5, 5.41) is 5.02. The standard InChI is InChI=1S/C32H28O2/c1-21-27-9-5-7-11-29(27)30-12-8-6-10-28(30)22(2)32(24-15-19-26(34-4)20-16-24)31(21)23-13-17-25(33-3)18-14-23/h5-20H,1-4H3/b27-21-,28-22-,30-29-,31-21?,32-22?,32-31-. The van der Waals surface area contributed by atoms with E-state index in [1.807, 2.05) is 24.3 Å². The summed E-state index contributed by atoms with van der Waals surface area (Å²) in [6.07, 6.45) is 0. The lowest BCUT2D eigenvalue weighted by atomic mass is 9.83. The minimum absolute atomic E-state index is 0.852. The minimum atomic E-state index is 0.852. The Kier molecular flexibility index (Phi) is 5.81. The Hall–Kier alpha value is -4.04. The molecule has 0 heterocycles. The predicted octanol–water partition coefficient (Wildman–Crippen LogP) is 5.96. The molecule has 4 aromatic carbocycles. The molecule has 0 amide bonds. The van der Waals surface area contributed by atoms with Crippen LogP contribution >= 0.6 is 0 Å². The lowest BCUT2D eigenvalue weighted by Gasteiger charge is -2.21. The Bertz CT molecular complexity index is 1480. The fraction of sp³-hybridized carbons (Fsp3) is 0.125. The van der Waals surface area contributed by atoms with E-state index < -0.39 is 0 Å². The van der Waals surface area contributed by atoms with Crippen LogP contribution in [0.4, 0.5) is 0 Å². The van der Waals surface area contributed by atoms with Crippen LogP contribution in [0.5, 0.6) is 11.5 Å². The van der Waals surface area contributed by atoms with E-state index >= 15 is 0 Å². The Morgan fingerprint density at radius 1 is 0.412 bits per heavy atom. The van der Waals surface area contributed by atoms with Gasteiger partial charge in [0, 0.05) is 0 Å². The van der Waals surface area contributed by atoms with Gasteiger partial charge in [-0.3, -0.25) is 0 Å². The van der Waals surface area contributed by atoms with Crippen LogP contribution in [0.3, 0.4) is 0 Å². The first kappa shape index (κ1) is 21.8. The molecule has 0 unspecified atom stereocenters. The smallest absolute Gasteiger partial charge is 0.118 e. The normalized spacial score (nSPS) is 19.4. The lowest BCUT2D eigenvalue weighted by molar-refractivity contribution is 0.414. The molecule has 4 aromatic rings. The molecule has 0 radical (unpaired) electrons. The van der Waals surface area contributed by atoms with Gasteiger partial charge in [-0.15, -0.1) is 0 Å². The van der Waals surface area contributed by atoms with Gasteiger partial charge in [0.15, 0.2) is 0 Å². The summed E-state index contributed by atoms with van der Waals surface area (Å²) < 4.78 is 10.9. The van der Waals surface area contributed by atoms with E-state index in [-0.39, 0.29) is 0 Å². The van der Waals surface area contributed by atoms with Crippen LogP contribution in [-0.2, 0) is 0 Å². The highest BCUT2D eigenvalue weighted by atomic mass is 16.5. The zero-order valence-electron chi connectivity index (χ0n) is 20.1. The third-order valence-electron chi connectivity index (χ3n) is 6.71. The monoisotopic (exact) mass is 444 g/mol. The first-order chi connectivity index (χ1) is 16.6. The van der Waals surface area contributed by atoms with Gasteiger partial charge in [0.05, 0.1) is 14.2 Å². The van der Waals surface area contributed by atoms with Crippen LogP contribution in [0.1, 0.15) is 25.0 Å². The summed E-state index contributed by atoms with van der Waals surface area (Å²) >= 11 is 0. The number of allylic oxidation sites excluding steroid dienone is 2. The zero-order chi connectivity index (χ0) is 23.7. The number of rotatable bonds is 4. The van der Waals surface area contributed by atoms with Crippen LogP contribution in [0, 0.1) is 10.4 Å². The van der Waals surface area contributed by atoms with E-state index in [1.165, 1.54) is 43.2 Å². The van der Waals surface area contributed by atoms with Crippen molar-refractivity contribution in [2.24, 2.45) is 0 Å². The molecule has 0 bridgehead atoms. The maximum atomic E-state index is 5.45. The van der Waals surface area contributed by atoms with Crippen LogP contribution in [0.2, 0.25) is 0 Å². The van der Waals surface area contributed by atoms with E-state index in [1.54, 1.807) is 14.2 Å². The molecule has 0 fully saturated rings. The summed E-state index contributed by atoms with van der Waals surface area (Å²) in [5.41, 5.74) is 7.29. The second-order valence-electron chi connectivity index (χ2n) is 8.55. The highest BCUT2D eigenvalue weighted by Gasteiger charge is 2.18. The minimum Gasteiger partial charge on any atom is -0.497 e. The van der Waals surface area contributed by atoms with E-state index in [9.17, 15) is 0 Å². The Labute approximate surface area is 200 Å². The largest absolute Gasteiger partial charge is 0.497 e. The van der Waals surface area contributed by atoms with Crippen molar-refractivity contribution in [3.8, 4) is 11.5 Å². The van der Waals surface area contributed by atoms with Gasteiger partial charge in [0.25, 0.3) is 0 Å². The molecular weight excluding hydrogens is 416 g/mol. The molecule has 0 N–H and O–H groups in total. The van der Waals surface area contributed by atoms with Crippen molar-refractivity contribution in [2.75, 3.05) is 14.2 Å². The first-order valence-corrected chi connectivity index (χ1v) is 11.5. The number of hydrogen-bond donors (Lipinski definition) is 0. The van der Waals surface area contributed by atoms with Gasteiger partial charge in [0.1, 0.15) is 11.5 Å². The van der Waals surface area contributed by atoms with Gasteiger partial charge in [-0.2, -0.15) is 0 Å². The van der Waals surface area contributed by atoms with Gasteiger partial charge in [0.2, 0.25) is 0 Å². The van der Waals surface area contributed by atoms with E-state index in [2.05, 4.69) is 86.6 Å². The number of methoxy groups -OCH3 is 2. The second-order valence-corrected chi connectivity index (χ2v) is 8.55. The first-order valence-electron chi connectivity index (χ1n) is 11.5. The topological polar surface area (TPSA) is 18.5 Å². The fourth-order valence-electron chi connectivity index (χ4n) is 4.97. The average molecular weight is 445 g/mol. The molecule has 0 aromatic heterocycles. The highest BCUT2D eigenvalue weighted by Crippen LogP contribution is 2.38. The van der Waals surface area contributed by atoms with Gasteiger partial charge in [-0.05, 0) is 92.4 Å². The van der Waals surface area contributed by atoms with Crippen molar-refractivity contribution in [3.05, 3.63) is 129 Å². The molecule has 2 nitrogen and oxygen atoms in total. The Morgan fingerprint density at radius 2 is 0.735 bits per heavy atom.